The Bertz CT molecular complexity index is 1320. The third-order valence-corrected chi connectivity index (χ3v) is 8.07. The van der Waals surface area contributed by atoms with E-state index in [0.717, 1.165) is 43.5 Å². The molecule has 34 heavy (non-hydrogen) atoms. The minimum absolute atomic E-state index is 0.448. The highest BCUT2D eigenvalue weighted by molar-refractivity contribution is 7.85. The summed E-state index contributed by atoms with van der Waals surface area (Å²) in [5.41, 5.74) is 2.13. The van der Waals surface area contributed by atoms with Crippen LogP contribution in [-0.4, -0.2) is 63.6 Å². The Labute approximate surface area is 198 Å². The summed E-state index contributed by atoms with van der Waals surface area (Å²) in [6, 6.07) is 0. The molecule has 0 unspecified atom stereocenters. The van der Waals surface area contributed by atoms with Crippen LogP contribution < -0.4 is 10.2 Å². The van der Waals surface area contributed by atoms with Crippen LogP contribution in [-0.2, 0) is 22.8 Å². The minimum atomic E-state index is -1.13. The summed E-state index contributed by atoms with van der Waals surface area (Å²) in [5, 5.41) is 18.2. The van der Waals surface area contributed by atoms with Gasteiger partial charge in [-0.05, 0) is 31.3 Å². The monoisotopic (exact) mass is 474 g/mol. The molecular formula is C22H22N10OS. The Kier molecular flexibility index (Phi) is 5.06. The number of hydrogen-bond acceptors (Lipinski definition) is 10. The van der Waals surface area contributed by atoms with E-state index < -0.39 is 16.3 Å². The van der Waals surface area contributed by atoms with E-state index in [0.29, 0.717) is 52.6 Å². The van der Waals surface area contributed by atoms with Gasteiger partial charge < -0.3 is 10.2 Å². The quantitative estimate of drug-likeness (QED) is 0.519. The summed E-state index contributed by atoms with van der Waals surface area (Å²) < 4.78 is 12.8. The first-order valence-corrected chi connectivity index (χ1v) is 12.5. The van der Waals surface area contributed by atoms with Gasteiger partial charge in [0.25, 0.3) is 0 Å². The number of nitrogens with one attached hydrogen (secondary N) is 2. The van der Waals surface area contributed by atoms with Gasteiger partial charge in [0, 0.05) is 37.7 Å². The zero-order valence-corrected chi connectivity index (χ0v) is 19.2. The Morgan fingerprint density at radius 1 is 1.21 bits per heavy atom. The molecule has 0 bridgehead atoms. The van der Waals surface area contributed by atoms with Crippen LogP contribution in [0, 0.1) is 12.3 Å². The maximum Gasteiger partial charge on any atom is 0.227 e. The fourth-order valence-electron chi connectivity index (χ4n) is 4.56. The standard InChI is InChI=1S/C22H22N10OS/c1-2-14-12-23-18(24-13-14)15-4-9-32(10-5-15)21-25-16-6-11-34(33)17(16)19(26-21)27-22(7-3-8-22)20-28-30-31-29-20/h1,4,12-13H,3,5-11H2,(H,25,26,27)(H,28,29,30,31)/t34-/m0/s1. The third kappa shape index (κ3) is 3.52. The minimum Gasteiger partial charge on any atom is -0.356 e. The average Bonchev–Trinajstić information content (AvgIpc) is 3.52. The van der Waals surface area contributed by atoms with Gasteiger partial charge in [0.2, 0.25) is 5.95 Å². The molecule has 0 aromatic carbocycles. The molecule has 0 radical (unpaired) electrons. The van der Waals surface area contributed by atoms with Gasteiger partial charge in [0.1, 0.15) is 16.3 Å². The van der Waals surface area contributed by atoms with Gasteiger partial charge >= 0.3 is 0 Å². The van der Waals surface area contributed by atoms with Crippen LogP contribution in [0.3, 0.4) is 0 Å². The number of terminal acetylenes is 1. The molecule has 3 aromatic rings. The summed E-state index contributed by atoms with van der Waals surface area (Å²) >= 11 is 0. The number of fused-ring (bicyclic) bond motifs is 1. The molecule has 11 nitrogen and oxygen atoms in total. The van der Waals surface area contributed by atoms with Gasteiger partial charge in [0.15, 0.2) is 11.6 Å². The second-order valence-corrected chi connectivity index (χ2v) is 10.1. The molecule has 1 aliphatic carbocycles. The number of H-pyrrole nitrogens is 1. The summed E-state index contributed by atoms with van der Waals surface area (Å²) in [6.45, 7) is 1.36. The maximum absolute atomic E-state index is 12.8. The summed E-state index contributed by atoms with van der Waals surface area (Å²) in [5.74, 6) is 5.64. The summed E-state index contributed by atoms with van der Waals surface area (Å²) in [4.78, 5) is 21.2. The highest BCUT2D eigenvalue weighted by Crippen LogP contribution is 2.44. The van der Waals surface area contributed by atoms with Crippen molar-refractivity contribution in [3.8, 4) is 12.3 Å². The van der Waals surface area contributed by atoms with E-state index in [1.54, 1.807) is 12.4 Å². The van der Waals surface area contributed by atoms with Crippen LogP contribution in [0.5, 0.6) is 0 Å². The maximum atomic E-state index is 12.8. The molecule has 6 rings (SSSR count). The first-order chi connectivity index (χ1) is 16.6. The van der Waals surface area contributed by atoms with Crippen molar-refractivity contribution >= 4 is 28.1 Å². The highest BCUT2D eigenvalue weighted by atomic mass is 32.2. The van der Waals surface area contributed by atoms with Gasteiger partial charge in [-0.25, -0.2) is 15.0 Å². The lowest BCUT2D eigenvalue weighted by molar-refractivity contribution is 0.267. The average molecular weight is 475 g/mol. The van der Waals surface area contributed by atoms with Crippen LogP contribution >= 0.6 is 0 Å². The number of anilines is 2. The lowest BCUT2D eigenvalue weighted by atomic mass is 9.76. The zero-order valence-electron chi connectivity index (χ0n) is 18.4. The Morgan fingerprint density at radius 2 is 2.06 bits per heavy atom. The van der Waals surface area contributed by atoms with Gasteiger partial charge in [-0.15, -0.1) is 16.6 Å². The van der Waals surface area contributed by atoms with Gasteiger partial charge in [-0.1, -0.05) is 17.2 Å². The predicted molar refractivity (Wildman–Crippen MR) is 125 cm³/mol. The smallest absolute Gasteiger partial charge is 0.227 e. The molecule has 3 aliphatic rings. The molecule has 2 N–H and O–H groups in total. The Morgan fingerprint density at radius 3 is 2.71 bits per heavy atom. The number of tetrazole rings is 1. The summed E-state index contributed by atoms with van der Waals surface area (Å²) in [6.07, 6.45) is 15.0. The molecule has 12 heteroatoms. The molecule has 3 aromatic heterocycles. The molecule has 0 saturated heterocycles. The molecule has 1 saturated carbocycles. The van der Waals surface area contributed by atoms with Crippen molar-refractivity contribution < 1.29 is 4.21 Å². The summed E-state index contributed by atoms with van der Waals surface area (Å²) in [7, 11) is -1.13. The molecule has 1 atom stereocenters. The SMILES string of the molecule is C#Cc1cnc(C2=CCN(c3nc4c(c(NC5(c6nn[nH]n6)CCC5)n3)[S@@](=O)CC4)CC2)nc1. The van der Waals surface area contributed by atoms with Crippen LogP contribution in [0.1, 0.15) is 48.6 Å². The second-order valence-electron chi connectivity index (χ2n) is 8.61. The molecule has 1 fully saturated rings. The van der Waals surface area contributed by atoms with E-state index in [1.165, 1.54) is 0 Å². The number of rotatable bonds is 5. The lowest BCUT2D eigenvalue weighted by Gasteiger charge is -2.40. The van der Waals surface area contributed by atoms with E-state index in [-0.39, 0.29) is 0 Å². The van der Waals surface area contributed by atoms with E-state index in [4.69, 9.17) is 16.4 Å². The number of aryl methyl sites for hydroxylation is 1. The Balaban J connectivity index is 1.29. The first kappa shape index (κ1) is 20.9. The molecule has 172 valence electrons. The van der Waals surface area contributed by atoms with E-state index in [2.05, 4.69) is 52.8 Å². The van der Waals surface area contributed by atoms with Crippen LogP contribution in [0.4, 0.5) is 11.8 Å². The van der Waals surface area contributed by atoms with Crippen molar-refractivity contribution in [2.75, 3.05) is 29.1 Å². The zero-order chi connectivity index (χ0) is 23.1. The van der Waals surface area contributed by atoms with Gasteiger partial charge in [-0.3, -0.25) is 4.21 Å². The normalized spacial score (nSPS) is 20.7. The number of aromatic amines is 1. The van der Waals surface area contributed by atoms with Crippen molar-refractivity contribution in [3.63, 3.8) is 0 Å². The molecule has 5 heterocycles. The number of nitrogens with zero attached hydrogens (tertiary/aromatic N) is 8. The largest absolute Gasteiger partial charge is 0.356 e. The highest BCUT2D eigenvalue weighted by Gasteiger charge is 2.44. The van der Waals surface area contributed by atoms with E-state index in [9.17, 15) is 4.21 Å². The molecule has 0 spiro atoms. The van der Waals surface area contributed by atoms with Crippen LogP contribution in [0.2, 0.25) is 0 Å². The molecule has 2 aliphatic heterocycles. The van der Waals surface area contributed by atoms with Crippen molar-refractivity contribution in [2.24, 2.45) is 0 Å². The van der Waals surface area contributed by atoms with Crippen molar-refractivity contribution in [1.29, 1.82) is 0 Å². The fraction of sp³-hybridized carbons (Fsp3) is 0.409. The Hall–Kier alpha value is -3.72. The van der Waals surface area contributed by atoms with Crippen molar-refractivity contribution in [1.82, 2.24) is 40.6 Å². The van der Waals surface area contributed by atoms with Crippen LogP contribution in [0.15, 0.2) is 23.4 Å². The fourth-order valence-corrected chi connectivity index (χ4v) is 5.86. The molecular weight excluding hydrogens is 452 g/mol. The van der Waals surface area contributed by atoms with E-state index >= 15 is 0 Å². The molecule has 0 amide bonds. The van der Waals surface area contributed by atoms with Crippen molar-refractivity contribution in [2.45, 2.75) is 42.5 Å². The van der Waals surface area contributed by atoms with E-state index in [1.807, 2.05) is 0 Å². The van der Waals surface area contributed by atoms with Gasteiger partial charge in [-0.2, -0.15) is 10.2 Å². The van der Waals surface area contributed by atoms with Gasteiger partial charge in [0.05, 0.1) is 22.1 Å². The first-order valence-electron chi connectivity index (χ1n) is 11.2. The topological polar surface area (TPSA) is 138 Å². The number of hydrogen-bond donors (Lipinski definition) is 2. The predicted octanol–water partition coefficient (Wildman–Crippen LogP) is 1.21. The lowest BCUT2D eigenvalue weighted by Crippen LogP contribution is -2.44. The second kappa shape index (κ2) is 8.25. The number of aromatic nitrogens is 8. The third-order valence-electron chi connectivity index (χ3n) is 6.61. The van der Waals surface area contributed by atoms with Crippen LogP contribution in [0.25, 0.3) is 5.57 Å². The van der Waals surface area contributed by atoms with Crippen molar-refractivity contribution in [3.05, 3.63) is 41.4 Å².